The zero-order valence-electron chi connectivity index (χ0n) is 15.9. The third kappa shape index (κ3) is 8.94. The standard InChI is InChI=1S/C22H35NO2/c1-19-13-15-21(16-14-19)25-17-9-5-8-12-22(24)23-18-20-10-6-3-2-4-7-11-20/h13-16,20H,2-12,17-18H2,1H3,(H,23,24). The molecule has 0 saturated heterocycles. The molecule has 1 aromatic carbocycles. The van der Waals surface area contributed by atoms with E-state index >= 15 is 0 Å². The first-order valence-corrected chi connectivity index (χ1v) is 10.2. The van der Waals surface area contributed by atoms with Crippen LogP contribution < -0.4 is 10.1 Å². The smallest absolute Gasteiger partial charge is 0.220 e. The highest BCUT2D eigenvalue weighted by Gasteiger charge is 2.12. The fourth-order valence-electron chi connectivity index (χ4n) is 3.48. The SMILES string of the molecule is Cc1ccc(OCCCCCC(=O)NCC2CCCCCCC2)cc1. The summed E-state index contributed by atoms with van der Waals surface area (Å²) in [6.07, 6.45) is 13.0. The molecule has 3 heteroatoms. The van der Waals surface area contributed by atoms with Crippen molar-refractivity contribution in [1.82, 2.24) is 5.32 Å². The van der Waals surface area contributed by atoms with Crippen LogP contribution in [0, 0.1) is 12.8 Å². The fourth-order valence-corrected chi connectivity index (χ4v) is 3.48. The minimum Gasteiger partial charge on any atom is -0.494 e. The monoisotopic (exact) mass is 345 g/mol. The highest BCUT2D eigenvalue weighted by molar-refractivity contribution is 5.75. The van der Waals surface area contributed by atoms with Crippen LogP contribution in [0.5, 0.6) is 5.75 Å². The van der Waals surface area contributed by atoms with E-state index < -0.39 is 0 Å². The summed E-state index contributed by atoms with van der Waals surface area (Å²) >= 11 is 0. The van der Waals surface area contributed by atoms with Gasteiger partial charge in [0.2, 0.25) is 5.91 Å². The molecule has 0 aromatic heterocycles. The van der Waals surface area contributed by atoms with Gasteiger partial charge in [0.1, 0.15) is 5.75 Å². The van der Waals surface area contributed by atoms with Crippen molar-refractivity contribution in [3.05, 3.63) is 29.8 Å². The maximum absolute atomic E-state index is 12.0. The van der Waals surface area contributed by atoms with Crippen LogP contribution in [0.4, 0.5) is 0 Å². The number of carbonyl (C=O) groups is 1. The Balaban J connectivity index is 1.47. The summed E-state index contributed by atoms with van der Waals surface area (Å²) in [5.41, 5.74) is 1.25. The topological polar surface area (TPSA) is 38.3 Å². The van der Waals surface area contributed by atoms with Crippen molar-refractivity contribution in [3.63, 3.8) is 0 Å². The Morgan fingerprint density at radius 3 is 2.40 bits per heavy atom. The molecule has 0 atom stereocenters. The van der Waals surface area contributed by atoms with E-state index in [1.165, 1.54) is 50.5 Å². The molecule has 1 N–H and O–H groups in total. The molecule has 0 radical (unpaired) electrons. The molecule has 1 saturated carbocycles. The molecule has 0 bridgehead atoms. The van der Waals surface area contributed by atoms with Crippen LogP contribution in [0.1, 0.15) is 76.2 Å². The minimum absolute atomic E-state index is 0.224. The third-order valence-corrected chi connectivity index (χ3v) is 5.15. The molecule has 0 aliphatic heterocycles. The predicted molar refractivity (Wildman–Crippen MR) is 104 cm³/mol. The van der Waals surface area contributed by atoms with E-state index in [2.05, 4.69) is 24.4 Å². The average Bonchev–Trinajstić information content (AvgIpc) is 2.58. The van der Waals surface area contributed by atoms with Crippen LogP contribution >= 0.6 is 0 Å². The van der Waals surface area contributed by atoms with Gasteiger partial charge in [0.15, 0.2) is 0 Å². The lowest BCUT2D eigenvalue weighted by atomic mass is 9.91. The molecular weight excluding hydrogens is 310 g/mol. The summed E-state index contributed by atoms with van der Waals surface area (Å²) in [6.45, 7) is 3.69. The summed E-state index contributed by atoms with van der Waals surface area (Å²) in [5, 5.41) is 3.15. The van der Waals surface area contributed by atoms with Gasteiger partial charge in [-0.05, 0) is 57.1 Å². The van der Waals surface area contributed by atoms with Crippen molar-refractivity contribution < 1.29 is 9.53 Å². The molecule has 0 spiro atoms. The molecular formula is C22H35NO2. The van der Waals surface area contributed by atoms with E-state index in [0.29, 0.717) is 12.3 Å². The molecule has 2 rings (SSSR count). The maximum atomic E-state index is 12.0. The molecule has 3 nitrogen and oxygen atoms in total. The summed E-state index contributed by atoms with van der Waals surface area (Å²) in [7, 11) is 0. The van der Waals surface area contributed by atoms with Crippen molar-refractivity contribution in [3.8, 4) is 5.75 Å². The normalized spacial score (nSPS) is 16.0. The Labute approximate surface area is 153 Å². The first-order chi connectivity index (χ1) is 12.2. The van der Waals surface area contributed by atoms with Crippen molar-refractivity contribution >= 4 is 5.91 Å². The molecule has 0 heterocycles. The van der Waals surface area contributed by atoms with E-state index in [-0.39, 0.29) is 5.91 Å². The Morgan fingerprint density at radius 1 is 1.00 bits per heavy atom. The van der Waals surface area contributed by atoms with Crippen LogP contribution in [0.15, 0.2) is 24.3 Å². The second-order valence-corrected chi connectivity index (χ2v) is 7.49. The summed E-state index contributed by atoms with van der Waals surface area (Å²) in [5.74, 6) is 1.86. The number of rotatable bonds is 9. The van der Waals surface area contributed by atoms with Gasteiger partial charge < -0.3 is 10.1 Å². The minimum atomic E-state index is 0.224. The Hall–Kier alpha value is -1.51. The molecule has 25 heavy (non-hydrogen) atoms. The zero-order valence-corrected chi connectivity index (χ0v) is 15.9. The Morgan fingerprint density at radius 2 is 1.68 bits per heavy atom. The molecule has 140 valence electrons. The third-order valence-electron chi connectivity index (χ3n) is 5.15. The zero-order chi connectivity index (χ0) is 17.7. The summed E-state index contributed by atoms with van der Waals surface area (Å²) in [6, 6.07) is 8.15. The highest BCUT2D eigenvalue weighted by Crippen LogP contribution is 2.21. The number of unbranched alkanes of at least 4 members (excludes halogenated alkanes) is 2. The first kappa shape index (κ1) is 19.8. The molecule has 0 unspecified atom stereocenters. The Bertz CT molecular complexity index is 475. The lowest BCUT2D eigenvalue weighted by Gasteiger charge is -2.20. The highest BCUT2D eigenvalue weighted by atomic mass is 16.5. The van der Waals surface area contributed by atoms with Crippen LogP contribution in [-0.2, 0) is 4.79 Å². The van der Waals surface area contributed by atoms with Gasteiger partial charge in [-0.3, -0.25) is 4.79 Å². The van der Waals surface area contributed by atoms with Gasteiger partial charge in [0.25, 0.3) is 0 Å². The Kier molecular flexibility index (Phi) is 9.46. The summed E-state index contributed by atoms with van der Waals surface area (Å²) in [4.78, 5) is 12.0. The summed E-state index contributed by atoms with van der Waals surface area (Å²) < 4.78 is 5.72. The average molecular weight is 346 g/mol. The molecule has 1 aliphatic rings. The molecule has 1 fully saturated rings. The first-order valence-electron chi connectivity index (χ1n) is 10.2. The number of benzene rings is 1. The van der Waals surface area contributed by atoms with E-state index in [0.717, 1.165) is 38.2 Å². The van der Waals surface area contributed by atoms with Gasteiger partial charge in [0, 0.05) is 13.0 Å². The lowest BCUT2D eigenvalue weighted by Crippen LogP contribution is -2.29. The maximum Gasteiger partial charge on any atom is 0.220 e. The fraction of sp³-hybridized carbons (Fsp3) is 0.682. The number of aryl methyl sites for hydroxylation is 1. The van der Waals surface area contributed by atoms with Crippen LogP contribution in [0.25, 0.3) is 0 Å². The van der Waals surface area contributed by atoms with Gasteiger partial charge in [-0.2, -0.15) is 0 Å². The number of carbonyl (C=O) groups excluding carboxylic acids is 1. The number of hydrogen-bond acceptors (Lipinski definition) is 2. The van der Waals surface area contributed by atoms with E-state index in [4.69, 9.17) is 4.74 Å². The van der Waals surface area contributed by atoms with Crippen molar-refractivity contribution in [2.45, 2.75) is 77.6 Å². The predicted octanol–water partition coefficient (Wildman–Crippen LogP) is 5.41. The van der Waals surface area contributed by atoms with Gasteiger partial charge in [-0.1, -0.05) is 49.8 Å². The van der Waals surface area contributed by atoms with Crippen molar-refractivity contribution in [2.24, 2.45) is 5.92 Å². The van der Waals surface area contributed by atoms with Crippen LogP contribution in [0.2, 0.25) is 0 Å². The van der Waals surface area contributed by atoms with Crippen LogP contribution in [0.3, 0.4) is 0 Å². The van der Waals surface area contributed by atoms with Gasteiger partial charge >= 0.3 is 0 Å². The lowest BCUT2D eigenvalue weighted by molar-refractivity contribution is -0.121. The van der Waals surface area contributed by atoms with Crippen molar-refractivity contribution in [1.29, 1.82) is 0 Å². The molecule has 1 aromatic rings. The van der Waals surface area contributed by atoms with Gasteiger partial charge in [-0.25, -0.2) is 0 Å². The van der Waals surface area contributed by atoms with Gasteiger partial charge in [-0.15, -0.1) is 0 Å². The molecule has 1 amide bonds. The number of nitrogens with one attached hydrogen (secondary N) is 1. The van der Waals surface area contributed by atoms with Crippen molar-refractivity contribution in [2.75, 3.05) is 13.2 Å². The van der Waals surface area contributed by atoms with E-state index in [1.54, 1.807) is 0 Å². The number of hydrogen-bond donors (Lipinski definition) is 1. The second-order valence-electron chi connectivity index (χ2n) is 7.49. The van der Waals surface area contributed by atoms with E-state index in [9.17, 15) is 4.79 Å². The number of ether oxygens (including phenoxy) is 1. The largest absolute Gasteiger partial charge is 0.494 e. The van der Waals surface area contributed by atoms with E-state index in [1.807, 2.05) is 12.1 Å². The van der Waals surface area contributed by atoms with Crippen LogP contribution in [-0.4, -0.2) is 19.1 Å². The van der Waals surface area contributed by atoms with Gasteiger partial charge in [0.05, 0.1) is 6.61 Å². The number of amides is 1. The second kappa shape index (κ2) is 11.9. The molecule has 1 aliphatic carbocycles. The quantitative estimate of drug-likeness (QED) is 0.608.